The van der Waals surface area contributed by atoms with Gasteiger partial charge in [-0.2, -0.15) is 0 Å². The van der Waals surface area contributed by atoms with Gasteiger partial charge in [-0.05, 0) is 19.1 Å². The number of nitrogens with two attached hydrogens (primary N) is 1. The highest BCUT2D eigenvalue weighted by molar-refractivity contribution is 7.80. The van der Waals surface area contributed by atoms with Gasteiger partial charge in [0.05, 0.1) is 25.6 Å². The van der Waals surface area contributed by atoms with E-state index >= 15 is 0 Å². The number of benzene rings is 1. The Balaban J connectivity index is 2.50. The van der Waals surface area contributed by atoms with E-state index in [-0.39, 0.29) is 4.99 Å². The fourth-order valence-corrected chi connectivity index (χ4v) is 1.95. The van der Waals surface area contributed by atoms with E-state index in [9.17, 15) is 0 Å². The van der Waals surface area contributed by atoms with Gasteiger partial charge in [0.15, 0.2) is 11.5 Å². The molecule has 0 saturated carbocycles. The minimum atomic E-state index is 0.226. The summed E-state index contributed by atoms with van der Waals surface area (Å²) in [4.78, 5) is 0.226. The second-order valence-electron chi connectivity index (χ2n) is 3.84. The van der Waals surface area contributed by atoms with E-state index in [1.54, 1.807) is 25.0 Å². The molecule has 0 atom stereocenters. The molecule has 0 unspecified atom stereocenters. The van der Waals surface area contributed by atoms with Crippen LogP contribution in [0.3, 0.4) is 0 Å². The lowest BCUT2D eigenvalue weighted by Gasteiger charge is -2.10. The molecule has 2 rings (SSSR count). The molecule has 1 aromatic heterocycles. The molecule has 0 fully saturated rings. The van der Waals surface area contributed by atoms with E-state index in [2.05, 4.69) is 10.3 Å². The van der Waals surface area contributed by atoms with Crippen LogP contribution in [0.1, 0.15) is 11.4 Å². The van der Waals surface area contributed by atoms with Gasteiger partial charge in [0.1, 0.15) is 10.7 Å². The third-order valence-corrected chi connectivity index (χ3v) is 2.93. The molecule has 2 aromatic rings. The smallest absolute Gasteiger partial charge is 0.162 e. The number of hydrogen-bond acceptors (Lipinski definition) is 5. The van der Waals surface area contributed by atoms with Crippen molar-refractivity contribution in [2.24, 2.45) is 5.73 Å². The van der Waals surface area contributed by atoms with Crippen LogP contribution < -0.4 is 15.2 Å². The van der Waals surface area contributed by atoms with Crippen molar-refractivity contribution in [1.29, 1.82) is 0 Å². The van der Waals surface area contributed by atoms with Crippen molar-refractivity contribution in [2.75, 3.05) is 14.2 Å². The van der Waals surface area contributed by atoms with Crippen LogP contribution >= 0.6 is 12.2 Å². The van der Waals surface area contributed by atoms with Crippen LogP contribution in [-0.4, -0.2) is 34.2 Å². The zero-order valence-corrected chi connectivity index (χ0v) is 11.7. The summed E-state index contributed by atoms with van der Waals surface area (Å²) < 4.78 is 12.1. The summed E-state index contributed by atoms with van der Waals surface area (Å²) in [7, 11) is 3.17. The molecule has 2 N–H and O–H groups in total. The molecule has 100 valence electrons. The molecule has 19 heavy (non-hydrogen) atoms. The average molecular weight is 278 g/mol. The van der Waals surface area contributed by atoms with E-state index in [0.717, 1.165) is 11.4 Å². The van der Waals surface area contributed by atoms with Gasteiger partial charge in [-0.3, -0.25) is 0 Å². The second kappa shape index (κ2) is 5.23. The van der Waals surface area contributed by atoms with Crippen molar-refractivity contribution in [3.8, 4) is 17.2 Å². The first-order valence-electron chi connectivity index (χ1n) is 5.53. The summed E-state index contributed by atoms with van der Waals surface area (Å²) in [5.74, 6) is 1.27. The number of rotatable bonds is 4. The number of methoxy groups -OCH3 is 2. The molecule has 0 aliphatic heterocycles. The fraction of sp³-hybridized carbons (Fsp3) is 0.250. The monoisotopic (exact) mass is 278 g/mol. The van der Waals surface area contributed by atoms with Crippen LogP contribution in [-0.2, 0) is 0 Å². The van der Waals surface area contributed by atoms with Gasteiger partial charge in [0.2, 0.25) is 0 Å². The summed E-state index contributed by atoms with van der Waals surface area (Å²) in [5.41, 5.74) is 7.67. The van der Waals surface area contributed by atoms with Crippen molar-refractivity contribution in [3.05, 3.63) is 29.6 Å². The summed E-state index contributed by atoms with van der Waals surface area (Å²) in [6.45, 7) is 1.85. The maximum atomic E-state index is 5.58. The Morgan fingerprint density at radius 1 is 1.26 bits per heavy atom. The number of thiocarbonyl (C=S) groups is 1. The topological polar surface area (TPSA) is 75.2 Å². The molecule has 0 spiro atoms. The maximum absolute atomic E-state index is 5.58. The predicted molar refractivity (Wildman–Crippen MR) is 75.1 cm³/mol. The summed E-state index contributed by atoms with van der Waals surface area (Å²) >= 11 is 4.92. The van der Waals surface area contributed by atoms with E-state index in [1.807, 2.05) is 19.1 Å². The van der Waals surface area contributed by atoms with Crippen LogP contribution in [0.4, 0.5) is 0 Å². The first kappa shape index (κ1) is 13.3. The van der Waals surface area contributed by atoms with E-state index < -0.39 is 0 Å². The van der Waals surface area contributed by atoms with Crippen LogP contribution in [0.5, 0.6) is 11.5 Å². The molecular weight excluding hydrogens is 264 g/mol. The highest BCUT2D eigenvalue weighted by Gasteiger charge is 2.13. The Bertz CT molecular complexity index is 624. The van der Waals surface area contributed by atoms with Crippen molar-refractivity contribution in [3.63, 3.8) is 0 Å². The molecule has 7 heteroatoms. The lowest BCUT2D eigenvalue weighted by molar-refractivity contribution is 0.354. The van der Waals surface area contributed by atoms with Crippen molar-refractivity contribution in [2.45, 2.75) is 6.92 Å². The maximum Gasteiger partial charge on any atom is 0.162 e. The molecule has 0 saturated heterocycles. The average Bonchev–Trinajstić information content (AvgIpc) is 2.80. The molecule has 0 amide bonds. The number of hydrogen-bond donors (Lipinski definition) is 1. The summed E-state index contributed by atoms with van der Waals surface area (Å²) in [6.07, 6.45) is 0. The minimum Gasteiger partial charge on any atom is -0.493 e. The Kier molecular flexibility index (Phi) is 3.66. The summed E-state index contributed by atoms with van der Waals surface area (Å²) in [5, 5.41) is 8.01. The molecule has 1 heterocycles. The second-order valence-corrected chi connectivity index (χ2v) is 4.28. The predicted octanol–water partition coefficient (Wildman–Crippen LogP) is 1.23. The summed E-state index contributed by atoms with van der Waals surface area (Å²) in [6, 6.07) is 5.46. The zero-order chi connectivity index (χ0) is 14.0. The van der Waals surface area contributed by atoms with Crippen molar-refractivity contribution >= 4 is 17.2 Å². The third kappa shape index (κ3) is 2.37. The largest absolute Gasteiger partial charge is 0.493 e. The number of nitrogens with zero attached hydrogens (tertiary/aromatic N) is 3. The normalized spacial score (nSPS) is 10.3. The van der Waals surface area contributed by atoms with Gasteiger partial charge in [-0.1, -0.05) is 17.4 Å². The SMILES string of the molecule is COc1ccc(-n2nnc(C(N)=S)c2C)cc1OC. The fourth-order valence-electron chi connectivity index (χ4n) is 1.76. The first-order chi connectivity index (χ1) is 9.08. The molecule has 6 nitrogen and oxygen atoms in total. The molecule has 0 aliphatic rings. The van der Waals surface area contributed by atoms with Gasteiger partial charge >= 0.3 is 0 Å². The van der Waals surface area contributed by atoms with Gasteiger partial charge in [-0.25, -0.2) is 4.68 Å². The van der Waals surface area contributed by atoms with Crippen LogP contribution in [0, 0.1) is 6.92 Å². The van der Waals surface area contributed by atoms with Crippen LogP contribution in [0.25, 0.3) is 5.69 Å². The Hall–Kier alpha value is -2.15. The molecule has 0 aliphatic carbocycles. The first-order valence-corrected chi connectivity index (χ1v) is 5.93. The van der Waals surface area contributed by atoms with E-state index in [1.165, 1.54) is 0 Å². The van der Waals surface area contributed by atoms with Gasteiger partial charge in [0.25, 0.3) is 0 Å². The number of ether oxygens (including phenoxy) is 2. The van der Waals surface area contributed by atoms with E-state index in [4.69, 9.17) is 27.4 Å². The molecule has 0 radical (unpaired) electrons. The van der Waals surface area contributed by atoms with Crippen molar-refractivity contribution in [1.82, 2.24) is 15.0 Å². The van der Waals surface area contributed by atoms with Gasteiger partial charge in [-0.15, -0.1) is 5.10 Å². The van der Waals surface area contributed by atoms with Crippen LogP contribution in [0.2, 0.25) is 0 Å². The lowest BCUT2D eigenvalue weighted by Crippen LogP contribution is -2.12. The molecule has 1 aromatic carbocycles. The van der Waals surface area contributed by atoms with Gasteiger partial charge in [0, 0.05) is 6.07 Å². The van der Waals surface area contributed by atoms with Crippen LogP contribution in [0.15, 0.2) is 18.2 Å². The Morgan fingerprint density at radius 2 is 1.95 bits per heavy atom. The zero-order valence-electron chi connectivity index (χ0n) is 10.9. The quantitative estimate of drug-likeness (QED) is 0.848. The highest BCUT2D eigenvalue weighted by atomic mass is 32.1. The Labute approximate surface area is 116 Å². The Morgan fingerprint density at radius 3 is 2.47 bits per heavy atom. The highest BCUT2D eigenvalue weighted by Crippen LogP contribution is 2.29. The lowest BCUT2D eigenvalue weighted by atomic mass is 10.2. The molecule has 0 bridgehead atoms. The number of aromatic nitrogens is 3. The molecular formula is C12H14N4O2S. The third-order valence-electron chi connectivity index (χ3n) is 2.74. The minimum absolute atomic E-state index is 0.226. The van der Waals surface area contributed by atoms with Crippen molar-refractivity contribution < 1.29 is 9.47 Å². The van der Waals surface area contributed by atoms with Gasteiger partial charge < -0.3 is 15.2 Å². The standard InChI is InChI=1S/C12H14N4O2S/c1-7-11(12(13)19)14-15-16(7)8-4-5-9(17-2)10(6-8)18-3/h4-6H,1-3H3,(H2,13,19). The van der Waals surface area contributed by atoms with E-state index in [0.29, 0.717) is 17.2 Å².